The lowest BCUT2D eigenvalue weighted by Crippen LogP contribution is -2.34. The van der Waals surface area contributed by atoms with Gasteiger partial charge in [0.1, 0.15) is 6.17 Å². The van der Waals surface area contributed by atoms with Crippen LogP contribution in [0, 0.1) is 0 Å². The molecule has 0 bridgehead atoms. The summed E-state index contributed by atoms with van der Waals surface area (Å²) in [7, 11) is 3.31. The Morgan fingerprint density at radius 2 is 2.19 bits per heavy atom. The first-order chi connectivity index (χ1) is 10.2. The number of benzene rings is 1. The van der Waals surface area contributed by atoms with E-state index in [4.69, 9.17) is 4.74 Å². The highest BCUT2D eigenvalue weighted by molar-refractivity contribution is 5.95. The van der Waals surface area contributed by atoms with Crippen LogP contribution in [-0.4, -0.2) is 25.1 Å². The van der Waals surface area contributed by atoms with Crippen LogP contribution < -0.4 is 15.8 Å². The third kappa shape index (κ3) is 2.41. The van der Waals surface area contributed by atoms with Gasteiger partial charge in [0.2, 0.25) is 0 Å². The zero-order chi connectivity index (χ0) is 14.8. The molecule has 21 heavy (non-hydrogen) atoms. The molecule has 0 amide bonds. The second kappa shape index (κ2) is 5.41. The van der Waals surface area contributed by atoms with Crippen LogP contribution in [0.15, 0.2) is 42.7 Å². The molecule has 6 nitrogen and oxygen atoms in total. The monoisotopic (exact) mass is 284 g/mol. The number of aromatic nitrogens is 1. The minimum Gasteiger partial charge on any atom is -0.465 e. The van der Waals surface area contributed by atoms with Gasteiger partial charge in [-0.3, -0.25) is 4.98 Å². The number of carbonyl (C=O) groups is 1. The number of anilines is 2. The number of ether oxygens (including phenoxy) is 1. The SMILES string of the molecule is COC(=O)c1ccncc1NC1NN(C)c2ccccc21. The van der Waals surface area contributed by atoms with Gasteiger partial charge in [-0.2, -0.15) is 0 Å². The van der Waals surface area contributed by atoms with E-state index in [-0.39, 0.29) is 12.1 Å². The molecule has 2 aromatic rings. The quantitative estimate of drug-likeness (QED) is 0.840. The highest BCUT2D eigenvalue weighted by Gasteiger charge is 2.26. The highest BCUT2D eigenvalue weighted by Crippen LogP contribution is 2.32. The fourth-order valence-corrected chi connectivity index (χ4v) is 2.43. The van der Waals surface area contributed by atoms with Crippen molar-refractivity contribution in [1.82, 2.24) is 10.4 Å². The number of carbonyl (C=O) groups excluding carboxylic acids is 1. The molecule has 2 N–H and O–H groups in total. The minimum atomic E-state index is -0.389. The Hall–Kier alpha value is -2.60. The largest absolute Gasteiger partial charge is 0.465 e. The molecule has 1 aromatic carbocycles. The lowest BCUT2D eigenvalue weighted by molar-refractivity contribution is 0.0601. The Morgan fingerprint density at radius 3 is 3.00 bits per heavy atom. The van der Waals surface area contributed by atoms with Crippen LogP contribution in [0.25, 0.3) is 0 Å². The van der Waals surface area contributed by atoms with Crippen LogP contribution >= 0.6 is 0 Å². The summed E-state index contributed by atoms with van der Waals surface area (Å²) in [5, 5.41) is 5.24. The van der Waals surface area contributed by atoms with E-state index in [0.29, 0.717) is 11.3 Å². The van der Waals surface area contributed by atoms with Crippen molar-refractivity contribution >= 4 is 17.3 Å². The molecule has 108 valence electrons. The smallest absolute Gasteiger partial charge is 0.340 e. The molecule has 2 heterocycles. The molecular formula is C15H16N4O2. The summed E-state index contributed by atoms with van der Waals surface area (Å²) < 4.78 is 4.79. The number of hydrazine groups is 1. The minimum absolute atomic E-state index is 0.126. The summed E-state index contributed by atoms with van der Waals surface area (Å²) in [6.07, 6.45) is 3.06. The van der Waals surface area contributed by atoms with Crippen molar-refractivity contribution in [2.24, 2.45) is 0 Å². The molecule has 1 unspecified atom stereocenters. The predicted molar refractivity (Wildman–Crippen MR) is 79.9 cm³/mol. The van der Waals surface area contributed by atoms with E-state index in [1.165, 1.54) is 7.11 Å². The predicted octanol–water partition coefficient (Wildman–Crippen LogP) is 1.93. The molecule has 3 rings (SSSR count). The molecule has 1 aromatic heterocycles. The van der Waals surface area contributed by atoms with Gasteiger partial charge >= 0.3 is 5.97 Å². The van der Waals surface area contributed by atoms with E-state index in [2.05, 4.69) is 15.7 Å². The standard InChI is InChI=1S/C15H16N4O2/c1-19-13-6-4-3-5-11(13)14(18-19)17-12-9-16-8-7-10(12)15(20)21-2/h3-9,14,17-18H,1-2H3. The first kappa shape index (κ1) is 13.4. The molecule has 0 saturated carbocycles. The Bertz CT molecular complexity index is 674. The summed E-state index contributed by atoms with van der Waals surface area (Å²) in [5.41, 5.74) is 6.59. The summed E-state index contributed by atoms with van der Waals surface area (Å²) >= 11 is 0. The average molecular weight is 284 g/mol. The molecule has 1 aliphatic heterocycles. The number of esters is 1. The van der Waals surface area contributed by atoms with Gasteiger partial charge in [0, 0.05) is 18.8 Å². The lowest BCUT2D eigenvalue weighted by atomic mass is 10.1. The van der Waals surface area contributed by atoms with Gasteiger partial charge in [-0.15, -0.1) is 0 Å². The van der Waals surface area contributed by atoms with Crippen molar-refractivity contribution < 1.29 is 9.53 Å². The molecule has 0 aliphatic carbocycles. The number of rotatable bonds is 3. The lowest BCUT2D eigenvalue weighted by Gasteiger charge is -2.18. The third-order valence-electron chi connectivity index (χ3n) is 3.46. The Kier molecular flexibility index (Phi) is 3.45. The maximum atomic E-state index is 11.8. The summed E-state index contributed by atoms with van der Waals surface area (Å²) in [6.45, 7) is 0. The first-order valence-electron chi connectivity index (χ1n) is 6.58. The van der Waals surface area contributed by atoms with Crippen molar-refractivity contribution in [2.75, 3.05) is 24.5 Å². The van der Waals surface area contributed by atoms with Crippen LogP contribution in [0.1, 0.15) is 22.1 Å². The molecule has 6 heteroatoms. The summed E-state index contributed by atoms with van der Waals surface area (Å²) in [5.74, 6) is -0.389. The average Bonchev–Trinajstić information content (AvgIpc) is 2.84. The van der Waals surface area contributed by atoms with Gasteiger partial charge in [0.15, 0.2) is 0 Å². The zero-order valence-corrected chi connectivity index (χ0v) is 11.8. The number of fused-ring (bicyclic) bond motifs is 1. The van der Waals surface area contributed by atoms with E-state index in [0.717, 1.165) is 11.3 Å². The van der Waals surface area contributed by atoms with Crippen LogP contribution in [0.5, 0.6) is 0 Å². The van der Waals surface area contributed by atoms with Crippen molar-refractivity contribution in [3.63, 3.8) is 0 Å². The molecular weight excluding hydrogens is 268 g/mol. The van der Waals surface area contributed by atoms with Gasteiger partial charge in [-0.25, -0.2) is 10.2 Å². The van der Waals surface area contributed by atoms with Crippen molar-refractivity contribution in [3.05, 3.63) is 53.9 Å². The second-order valence-corrected chi connectivity index (χ2v) is 4.74. The molecule has 1 atom stereocenters. The normalized spacial score (nSPS) is 16.5. The van der Waals surface area contributed by atoms with Gasteiger partial charge in [0.25, 0.3) is 0 Å². The third-order valence-corrected chi connectivity index (χ3v) is 3.46. The Balaban J connectivity index is 1.91. The molecule has 0 spiro atoms. The van der Waals surface area contributed by atoms with Crippen molar-refractivity contribution in [3.8, 4) is 0 Å². The van der Waals surface area contributed by atoms with Crippen LogP contribution in [0.4, 0.5) is 11.4 Å². The van der Waals surface area contributed by atoms with E-state index in [1.54, 1.807) is 18.5 Å². The second-order valence-electron chi connectivity index (χ2n) is 4.74. The molecule has 1 aliphatic rings. The Morgan fingerprint density at radius 1 is 1.38 bits per heavy atom. The van der Waals surface area contributed by atoms with E-state index in [9.17, 15) is 4.79 Å². The number of methoxy groups -OCH3 is 1. The van der Waals surface area contributed by atoms with Crippen molar-refractivity contribution in [1.29, 1.82) is 0 Å². The number of hydrogen-bond acceptors (Lipinski definition) is 6. The van der Waals surface area contributed by atoms with Gasteiger partial charge in [-0.1, -0.05) is 18.2 Å². The van der Waals surface area contributed by atoms with Crippen LogP contribution in [-0.2, 0) is 4.74 Å². The number of nitrogens with zero attached hydrogens (tertiary/aromatic N) is 2. The van der Waals surface area contributed by atoms with Crippen LogP contribution in [0.3, 0.4) is 0 Å². The van der Waals surface area contributed by atoms with Gasteiger partial charge in [0.05, 0.1) is 30.2 Å². The highest BCUT2D eigenvalue weighted by atomic mass is 16.5. The van der Waals surface area contributed by atoms with Crippen LogP contribution in [0.2, 0.25) is 0 Å². The van der Waals surface area contributed by atoms with Crippen molar-refractivity contribution in [2.45, 2.75) is 6.17 Å². The van der Waals surface area contributed by atoms with Gasteiger partial charge in [-0.05, 0) is 12.1 Å². The fraction of sp³-hybridized carbons (Fsp3) is 0.200. The fourth-order valence-electron chi connectivity index (χ4n) is 2.43. The number of para-hydroxylation sites is 1. The summed E-state index contributed by atoms with van der Waals surface area (Å²) in [4.78, 5) is 15.9. The van der Waals surface area contributed by atoms with E-state index < -0.39 is 0 Å². The molecule has 0 fully saturated rings. The maximum Gasteiger partial charge on any atom is 0.340 e. The zero-order valence-electron chi connectivity index (χ0n) is 11.8. The molecule has 0 saturated heterocycles. The number of hydrogen-bond donors (Lipinski definition) is 2. The summed E-state index contributed by atoms with van der Waals surface area (Å²) in [6, 6.07) is 9.69. The van der Waals surface area contributed by atoms with E-state index in [1.807, 2.05) is 36.3 Å². The van der Waals surface area contributed by atoms with E-state index >= 15 is 0 Å². The maximum absolute atomic E-state index is 11.8. The number of pyridine rings is 1. The first-order valence-corrected chi connectivity index (χ1v) is 6.58. The topological polar surface area (TPSA) is 66.5 Å². The number of nitrogens with one attached hydrogen (secondary N) is 2. The van der Waals surface area contributed by atoms with Gasteiger partial charge < -0.3 is 15.1 Å². The Labute approximate surface area is 122 Å². The molecule has 0 radical (unpaired) electrons.